The second-order valence-electron chi connectivity index (χ2n) is 5.70. The van der Waals surface area contributed by atoms with Gasteiger partial charge in [0.1, 0.15) is 6.29 Å². The highest BCUT2D eigenvalue weighted by molar-refractivity contribution is 5.57. The minimum absolute atomic E-state index is 0.134. The number of nitro groups is 1. The van der Waals surface area contributed by atoms with Crippen LogP contribution in [0.1, 0.15) is 22.6 Å². The van der Waals surface area contributed by atoms with Crippen molar-refractivity contribution in [1.82, 2.24) is 0 Å². The Morgan fingerprint density at radius 2 is 1.64 bits per heavy atom. The van der Waals surface area contributed by atoms with E-state index >= 15 is 0 Å². The van der Waals surface area contributed by atoms with Crippen molar-refractivity contribution in [1.29, 1.82) is 0 Å². The van der Waals surface area contributed by atoms with Gasteiger partial charge in [-0.15, -0.1) is 0 Å². The predicted molar refractivity (Wildman–Crippen MR) is 85.7 cm³/mol. The number of rotatable bonds is 7. The van der Waals surface area contributed by atoms with Gasteiger partial charge in [-0.3, -0.25) is 10.1 Å². The van der Waals surface area contributed by atoms with Crippen LogP contribution in [-0.4, -0.2) is 17.8 Å². The van der Waals surface area contributed by atoms with E-state index in [-0.39, 0.29) is 12.0 Å². The third-order valence-electron chi connectivity index (χ3n) is 4.02. The molecule has 25 heavy (non-hydrogen) atoms. The molecule has 0 N–H and O–H groups in total. The molecule has 0 bridgehead atoms. The number of hydrogen-bond acceptors (Lipinski definition) is 3. The van der Waals surface area contributed by atoms with E-state index in [4.69, 9.17) is 0 Å². The number of nitrogens with zero attached hydrogens (tertiary/aromatic N) is 1. The lowest BCUT2D eigenvalue weighted by molar-refractivity contribution is -0.484. The van der Waals surface area contributed by atoms with Gasteiger partial charge in [0.15, 0.2) is 0 Å². The SMILES string of the molecule is O=C[C@@H](Cc1ccccc1)[C@H](C[N+](=O)[O-])c1ccccc1C(F)(F)F. The molecule has 0 aliphatic rings. The molecule has 0 saturated heterocycles. The molecule has 0 fully saturated rings. The molecule has 0 aromatic heterocycles. The highest BCUT2D eigenvalue weighted by atomic mass is 19.4. The van der Waals surface area contributed by atoms with Crippen LogP contribution in [-0.2, 0) is 17.4 Å². The summed E-state index contributed by atoms with van der Waals surface area (Å²) in [6.07, 6.45) is -4.00. The van der Waals surface area contributed by atoms with E-state index in [1.807, 2.05) is 0 Å². The number of hydrogen-bond donors (Lipinski definition) is 0. The first-order valence-electron chi connectivity index (χ1n) is 7.60. The van der Waals surface area contributed by atoms with Crippen molar-refractivity contribution in [3.63, 3.8) is 0 Å². The summed E-state index contributed by atoms with van der Waals surface area (Å²) < 4.78 is 39.8. The number of aldehydes is 1. The Bertz CT molecular complexity index is 732. The molecule has 0 aliphatic carbocycles. The molecular formula is C18H16F3NO3. The maximum Gasteiger partial charge on any atom is 0.416 e. The van der Waals surface area contributed by atoms with Gasteiger partial charge in [0.25, 0.3) is 0 Å². The van der Waals surface area contributed by atoms with Crippen LogP contribution in [0.25, 0.3) is 0 Å². The summed E-state index contributed by atoms with van der Waals surface area (Å²) in [5.41, 5.74) is -0.432. The van der Waals surface area contributed by atoms with E-state index in [0.717, 1.165) is 11.6 Å². The van der Waals surface area contributed by atoms with Crippen molar-refractivity contribution in [2.45, 2.75) is 18.5 Å². The van der Waals surface area contributed by atoms with Crippen LogP contribution in [0.15, 0.2) is 54.6 Å². The monoisotopic (exact) mass is 351 g/mol. The first kappa shape index (κ1) is 18.6. The fraction of sp³-hybridized carbons (Fsp3) is 0.278. The topological polar surface area (TPSA) is 60.2 Å². The average molecular weight is 351 g/mol. The summed E-state index contributed by atoms with van der Waals surface area (Å²) in [5.74, 6) is -2.10. The zero-order chi connectivity index (χ0) is 18.4. The lowest BCUT2D eigenvalue weighted by Crippen LogP contribution is -2.26. The largest absolute Gasteiger partial charge is 0.416 e. The normalized spacial score (nSPS) is 13.9. The molecule has 0 radical (unpaired) electrons. The van der Waals surface area contributed by atoms with Gasteiger partial charge >= 0.3 is 6.18 Å². The van der Waals surface area contributed by atoms with Crippen LogP contribution < -0.4 is 0 Å². The Balaban J connectivity index is 2.45. The Hall–Kier alpha value is -2.70. The van der Waals surface area contributed by atoms with E-state index in [1.54, 1.807) is 30.3 Å². The van der Waals surface area contributed by atoms with Crippen LogP contribution in [0.4, 0.5) is 13.2 Å². The first-order valence-corrected chi connectivity index (χ1v) is 7.60. The van der Waals surface area contributed by atoms with Crippen molar-refractivity contribution in [3.8, 4) is 0 Å². The van der Waals surface area contributed by atoms with Crippen molar-refractivity contribution in [2.24, 2.45) is 5.92 Å². The molecule has 132 valence electrons. The quantitative estimate of drug-likeness (QED) is 0.428. The third kappa shape index (κ3) is 4.89. The first-order chi connectivity index (χ1) is 11.8. The zero-order valence-corrected chi connectivity index (χ0v) is 13.1. The lowest BCUT2D eigenvalue weighted by atomic mass is 9.81. The number of carbonyl (C=O) groups is 1. The summed E-state index contributed by atoms with van der Waals surface area (Å²) >= 11 is 0. The van der Waals surface area contributed by atoms with Crippen LogP contribution in [0.5, 0.6) is 0 Å². The Labute approximate surface area is 142 Å². The van der Waals surface area contributed by atoms with Gasteiger partial charge in [0.2, 0.25) is 6.54 Å². The van der Waals surface area contributed by atoms with Crippen molar-refractivity contribution < 1.29 is 22.9 Å². The molecule has 0 aliphatic heterocycles. The van der Waals surface area contributed by atoms with Gasteiger partial charge in [-0.2, -0.15) is 13.2 Å². The molecule has 2 aromatic carbocycles. The minimum Gasteiger partial charge on any atom is -0.303 e. The zero-order valence-electron chi connectivity index (χ0n) is 13.1. The van der Waals surface area contributed by atoms with Crippen LogP contribution in [0, 0.1) is 16.0 Å². The second kappa shape index (κ2) is 7.92. The van der Waals surface area contributed by atoms with Gasteiger partial charge in [-0.25, -0.2) is 0 Å². The lowest BCUT2D eigenvalue weighted by Gasteiger charge is -2.23. The van der Waals surface area contributed by atoms with E-state index in [9.17, 15) is 28.1 Å². The maximum atomic E-state index is 13.3. The number of halogens is 3. The van der Waals surface area contributed by atoms with Gasteiger partial charge in [0.05, 0.1) is 11.5 Å². The molecular weight excluding hydrogens is 335 g/mol. The standard InChI is InChI=1S/C18H16F3NO3/c19-18(20,21)17-9-5-4-8-15(17)16(11-22(24)25)14(12-23)10-13-6-2-1-3-7-13/h1-9,12,14,16H,10-11H2/t14-,16+/m1/s1. The van der Waals surface area contributed by atoms with Gasteiger partial charge in [0, 0.05) is 10.8 Å². The van der Waals surface area contributed by atoms with Gasteiger partial charge in [-0.1, -0.05) is 48.5 Å². The van der Waals surface area contributed by atoms with Gasteiger partial charge in [-0.05, 0) is 23.6 Å². The summed E-state index contributed by atoms with van der Waals surface area (Å²) in [5, 5.41) is 11.0. The fourth-order valence-electron chi connectivity index (χ4n) is 2.87. The smallest absolute Gasteiger partial charge is 0.303 e. The molecule has 2 aromatic rings. The Morgan fingerprint density at radius 3 is 2.20 bits per heavy atom. The molecule has 7 heteroatoms. The molecule has 0 unspecified atom stereocenters. The molecule has 2 rings (SSSR count). The highest BCUT2D eigenvalue weighted by Gasteiger charge is 2.38. The predicted octanol–water partition coefficient (Wildman–Crippen LogP) is 4.12. The summed E-state index contributed by atoms with van der Waals surface area (Å²) in [6, 6.07) is 13.4. The number of carbonyl (C=O) groups excluding carboxylic acids is 1. The minimum atomic E-state index is -4.65. The fourth-order valence-corrected chi connectivity index (χ4v) is 2.87. The third-order valence-corrected chi connectivity index (χ3v) is 4.02. The van der Waals surface area contributed by atoms with E-state index in [0.29, 0.717) is 6.29 Å². The van der Waals surface area contributed by atoms with Crippen LogP contribution >= 0.6 is 0 Å². The highest BCUT2D eigenvalue weighted by Crippen LogP contribution is 2.38. The average Bonchev–Trinajstić information content (AvgIpc) is 2.58. The van der Waals surface area contributed by atoms with Gasteiger partial charge < -0.3 is 4.79 Å². The van der Waals surface area contributed by atoms with Crippen LogP contribution in [0.3, 0.4) is 0 Å². The number of alkyl halides is 3. The molecule has 0 heterocycles. The molecule has 2 atom stereocenters. The molecule has 4 nitrogen and oxygen atoms in total. The van der Waals surface area contributed by atoms with Crippen molar-refractivity contribution >= 4 is 6.29 Å². The van der Waals surface area contributed by atoms with Crippen molar-refractivity contribution in [2.75, 3.05) is 6.54 Å². The Morgan fingerprint density at radius 1 is 1.04 bits per heavy atom. The maximum absolute atomic E-state index is 13.3. The number of benzene rings is 2. The molecule has 0 saturated carbocycles. The summed E-state index contributed by atoms with van der Waals surface area (Å²) in [4.78, 5) is 21.9. The van der Waals surface area contributed by atoms with E-state index < -0.39 is 35.0 Å². The molecule has 0 spiro atoms. The Kier molecular flexibility index (Phi) is 5.90. The summed E-state index contributed by atoms with van der Waals surface area (Å²) in [7, 11) is 0. The second-order valence-corrected chi connectivity index (χ2v) is 5.70. The van der Waals surface area contributed by atoms with E-state index in [1.165, 1.54) is 18.2 Å². The van der Waals surface area contributed by atoms with E-state index in [2.05, 4.69) is 0 Å². The van der Waals surface area contributed by atoms with Crippen molar-refractivity contribution in [3.05, 3.63) is 81.4 Å². The van der Waals surface area contributed by atoms with Crippen LogP contribution in [0.2, 0.25) is 0 Å². The summed E-state index contributed by atoms with van der Waals surface area (Å²) in [6.45, 7) is -0.747. The molecule has 0 amide bonds.